The first kappa shape index (κ1) is 19.1. The van der Waals surface area contributed by atoms with Crippen LogP contribution in [0.4, 0.5) is 0 Å². The lowest BCUT2D eigenvalue weighted by Gasteiger charge is -2.36. The number of pyridine rings is 1. The summed E-state index contributed by atoms with van der Waals surface area (Å²) >= 11 is 0. The highest BCUT2D eigenvalue weighted by atomic mass is 16.5. The number of aliphatic hydroxyl groups excluding tert-OH is 1. The fourth-order valence-electron chi connectivity index (χ4n) is 3.84. The van der Waals surface area contributed by atoms with E-state index in [1.54, 1.807) is 0 Å². The van der Waals surface area contributed by atoms with E-state index in [9.17, 15) is 5.11 Å². The predicted octanol–water partition coefficient (Wildman–Crippen LogP) is 4.38. The number of rotatable bonds is 4. The third kappa shape index (κ3) is 4.18. The molecule has 0 spiro atoms. The summed E-state index contributed by atoms with van der Waals surface area (Å²) in [6.45, 7) is 8.74. The van der Waals surface area contributed by atoms with Crippen molar-refractivity contribution in [1.29, 1.82) is 0 Å². The van der Waals surface area contributed by atoms with Gasteiger partial charge in [-0.3, -0.25) is 0 Å². The van der Waals surface area contributed by atoms with Gasteiger partial charge in [0.25, 0.3) is 0 Å². The Bertz CT molecular complexity index is 756. The molecule has 1 fully saturated rings. The van der Waals surface area contributed by atoms with Crippen molar-refractivity contribution in [3.8, 4) is 5.88 Å². The molecular weight excluding hydrogens is 324 g/mol. The molecular formula is C22H32N2O2. The van der Waals surface area contributed by atoms with Crippen molar-refractivity contribution in [3.05, 3.63) is 35.9 Å². The average molecular weight is 357 g/mol. The molecule has 0 bridgehead atoms. The molecule has 1 aromatic heterocycles. The fourth-order valence-corrected chi connectivity index (χ4v) is 3.84. The molecule has 26 heavy (non-hydrogen) atoms. The first-order valence-electron chi connectivity index (χ1n) is 9.67. The van der Waals surface area contributed by atoms with Crippen molar-refractivity contribution in [2.75, 3.05) is 6.61 Å². The first-order chi connectivity index (χ1) is 12.2. The van der Waals surface area contributed by atoms with E-state index in [1.165, 1.54) is 12.8 Å². The Labute approximate surface area is 156 Å². The van der Waals surface area contributed by atoms with E-state index in [0.717, 1.165) is 35.2 Å². The van der Waals surface area contributed by atoms with Crippen molar-refractivity contribution in [2.24, 2.45) is 17.1 Å². The number of ether oxygens (including phenoxy) is 1. The SMILES string of the molecule is CC(C)(C)C1CCC(Oc2ccc3cc([C@@](C)(N)CO)ccc3n2)CC1. The number of aliphatic hydroxyl groups is 1. The van der Waals surface area contributed by atoms with Crippen LogP contribution in [-0.4, -0.2) is 22.8 Å². The van der Waals surface area contributed by atoms with Crippen LogP contribution in [-0.2, 0) is 5.54 Å². The lowest BCUT2D eigenvalue weighted by Crippen LogP contribution is -2.36. The number of aromatic nitrogens is 1. The minimum Gasteiger partial charge on any atom is -0.474 e. The van der Waals surface area contributed by atoms with E-state index in [2.05, 4.69) is 25.8 Å². The van der Waals surface area contributed by atoms with E-state index in [-0.39, 0.29) is 12.7 Å². The van der Waals surface area contributed by atoms with Crippen LogP contribution in [0.1, 0.15) is 58.9 Å². The predicted molar refractivity (Wildman–Crippen MR) is 106 cm³/mol. The second kappa shape index (κ2) is 7.16. The molecule has 0 unspecified atom stereocenters. The van der Waals surface area contributed by atoms with Crippen LogP contribution in [0.25, 0.3) is 10.9 Å². The van der Waals surface area contributed by atoms with E-state index >= 15 is 0 Å². The highest BCUT2D eigenvalue weighted by Gasteiger charge is 2.30. The highest BCUT2D eigenvalue weighted by Crippen LogP contribution is 2.38. The number of hydrogen-bond donors (Lipinski definition) is 2. The summed E-state index contributed by atoms with van der Waals surface area (Å²) in [6, 6.07) is 9.85. The Morgan fingerprint density at radius 2 is 1.77 bits per heavy atom. The molecule has 0 saturated heterocycles. The molecule has 0 radical (unpaired) electrons. The van der Waals surface area contributed by atoms with Crippen LogP contribution in [0.5, 0.6) is 5.88 Å². The Kier molecular flexibility index (Phi) is 5.27. The molecule has 3 rings (SSSR count). The van der Waals surface area contributed by atoms with Gasteiger partial charge >= 0.3 is 0 Å². The Balaban J connectivity index is 1.69. The van der Waals surface area contributed by atoms with E-state index in [0.29, 0.717) is 11.3 Å². The molecule has 0 amide bonds. The minimum atomic E-state index is -0.741. The summed E-state index contributed by atoms with van der Waals surface area (Å²) in [7, 11) is 0. The molecule has 0 aliphatic heterocycles. The number of nitrogens with two attached hydrogens (primary N) is 1. The number of nitrogens with zero attached hydrogens (tertiary/aromatic N) is 1. The van der Waals surface area contributed by atoms with E-state index < -0.39 is 5.54 Å². The first-order valence-corrected chi connectivity index (χ1v) is 9.67. The van der Waals surface area contributed by atoms with Crippen molar-refractivity contribution < 1.29 is 9.84 Å². The van der Waals surface area contributed by atoms with Gasteiger partial charge in [0.2, 0.25) is 5.88 Å². The van der Waals surface area contributed by atoms with E-state index in [1.807, 2.05) is 37.3 Å². The second-order valence-corrected chi connectivity index (χ2v) is 9.09. The van der Waals surface area contributed by atoms with E-state index in [4.69, 9.17) is 10.5 Å². The zero-order valence-electron chi connectivity index (χ0n) is 16.5. The number of benzene rings is 1. The third-order valence-electron chi connectivity index (χ3n) is 5.84. The summed E-state index contributed by atoms with van der Waals surface area (Å²) in [5, 5.41) is 10.5. The van der Waals surface area contributed by atoms with Gasteiger partial charge < -0.3 is 15.6 Å². The minimum absolute atomic E-state index is 0.0929. The van der Waals surface area contributed by atoms with Gasteiger partial charge in [0, 0.05) is 11.5 Å². The summed E-state index contributed by atoms with van der Waals surface area (Å²) in [5.41, 5.74) is 7.57. The van der Waals surface area contributed by atoms with Crippen molar-refractivity contribution in [3.63, 3.8) is 0 Å². The average Bonchev–Trinajstić information content (AvgIpc) is 2.61. The van der Waals surface area contributed by atoms with Gasteiger partial charge in [0.15, 0.2) is 0 Å². The van der Waals surface area contributed by atoms with Crippen LogP contribution in [0, 0.1) is 11.3 Å². The maximum atomic E-state index is 9.45. The van der Waals surface area contributed by atoms with Gasteiger partial charge in [-0.2, -0.15) is 0 Å². The Morgan fingerprint density at radius 3 is 2.38 bits per heavy atom. The lowest BCUT2D eigenvalue weighted by molar-refractivity contribution is 0.0854. The van der Waals surface area contributed by atoms with Crippen LogP contribution in [0.2, 0.25) is 0 Å². The zero-order valence-corrected chi connectivity index (χ0v) is 16.5. The smallest absolute Gasteiger partial charge is 0.214 e. The highest BCUT2D eigenvalue weighted by molar-refractivity contribution is 5.80. The van der Waals surface area contributed by atoms with Gasteiger partial charge in [0.05, 0.1) is 17.7 Å². The maximum Gasteiger partial charge on any atom is 0.214 e. The molecule has 4 nitrogen and oxygen atoms in total. The number of hydrogen-bond acceptors (Lipinski definition) is 4. The van der Waals surface area contributed by atoms with Crippen LogP contribution in [0.3, 0.4) is 0 Å². The normalized spacial score (nSPS) is 23.6. The quantitative estimate of drug-likeness (QED) is 0.853. The standard InChI is InChI=1S/C22H32N2O2/c1-21(2,3)16-6-9-18(10-7-16)26-20-12-5-15-13-17(22(4,23)14-25)8-11-19(15)24-20/h5,8,11-13,16,18,25H,6-7,9-10,14,23H2,1-4H3/t16?,18?,22-/m0/s1. The molecule has 4 heteroatoms. The molecule has 3 N–H and O–H groups in total. The van der Waals surface area contributed by atoms with Gasteiger partial charge in [-0.1, -0.05) is 26.8 Å². The summed E-state index contributed by atoms with van der Waals surface area (Å²) in [4.78, 5) is 4.66. The Hall–Kier alpha value is -1.65. The summed E-state index contributed by atoms with van der Waals surface area (Å²) in [6.07, 6.45) is 4.91. The van der Waals surface area contributed by atoms with Crippen molar-refractivity contribution >= 4 is 10.9 Å². The molecule has 1 saturated carbocycles. The second-order valence-electron chi connectivity index (χ2n) is 9.09. The van der Waals surface area contributed by atoms with Crippen molar-refractivity contribution in [2.45, 2.75) is 65.0 Å². The molecule has 2 aromatic rings. The lowest BCUT2D eigenvalue weighted by atomic mass is 9.72. The monoisotopic (exact) mass is 356 g/mol. The molecule has 1 aliphatic rings. The fraction of sp³-hybridized carbons (Fsp3) is 0.591. The summed E-state index contributed by atoms with van der Waals surface area (Å²) in [5.74, 6) is 1.48. The van der Waals surface area contributed by atoms with Crippen molar-refractivity contribution in [1.82, 2.24) is 4.98 Å². The number of fused-ring (bicyclic) bond motifs is 1. The van der Waals surface area contributed by atoms with Gasteiger partial charge in [0.1, 0.15) is 6.10 Å². The van der Waals surface area contributed by atoms with Gasteiger partial charge in [-0.05, 0) is 67.7 Å². The third-order valence-corrected chi connectivity index (χ3v) is 5.84. The van der Waals surface area contributed by atoms with Gasteiger partial charge in [-0.25, -0.2) is 4.98 Å². The molecule has 142 valence electrons. The molecule has 1 aliphatic carbocycles. The topological polar surface area (TPSA) is 68.4 Å². The largest absolute Gasteiger partial charge is 0.474 e. The van der Waals surface area contributed by atoms with Crippen LogP contribution in [0.15, 0.2) is 30.3 Å². The van der Waals surface area contributed by atoms with Crippen LogP contribution >= 0.6 is 0 Å². The van der Waals surface area contributed by atoms with Gasteiger partial charge in [-0.15, -0.1) is 0 Å². The zero-order chi connectivity index (χ0) is 18.9. The summed E-state index contributed by atoms with van der Waals surface area (Å²) < 4.78 is 6.17. The Morgan fingerprint density at radius 1 is 1.08 bits per heavy atom. The molecule has 1 heterocycles. The maximum absolute atomic E-state index is 9.45. The molecule has 1 atom stereocenters. The van der Waals surface area contributed by atoms with Crippen LogP contribution < -0.4 is 10.5 Å². The molecule has 1 aromatic carbocycles.